The van der Waals surface area contributed by atoms with Crippen LogP contribution in [-0.2, 0) is 17.5 Å². The van der Waals surface area contributed by atoms with Crippen molar-refractivity contribution in [3.63, 3.8) is 0 Å². The Labute approximate surface area is 153 Å². The molecule has 0 spiro atoms. The van der Waals surface area contributed by atoms with Crippen molar-refractivity contribution in [3.05, 3.63) is 78.1 Å². The van der Waals surface area contributed by atoms with Crippen LogP contribution in [0.2, 0.25) is 0 Å². The molecule has 0 aliphatic carbocycles. The van der Waals surface area contributed by atoms with Gasteiger partial charge in [0.2, 0.25) is 0 Å². The predicted octanol–water partition coefficient (Wildman–Crippen LogP) is 3.97. The summed E-state index contributed by atoms with van der Waals surface area (Å²) < 4.78 is 44.5. The lowest BCUT2D eigenvalue weighted by Crippen LogP contribution is -2.20. The lowest BCUT2D eigenvalue weighted by atomic mass is 10.2. The summed E-state index contributed by atoms with van der Waals surface area (Å²) in [7, 11) is 0. The van der Waals surface area contributed by atoms with Crippen LogP contribution in [0.5, 0.6) is 5.75 Å². The molecule has 0 aliphatic rings. The molecule has 0 radical (unpaired) electrons. The molecule has 0 atom stereocenters. The number of rotatable bonds is 6. The zero-order chi connectivity index (χ0) is 19.3. The summed E-state index contributed by atoms with van der Waals surface area (Å²) in [4.78, 5) is 11.9. The average molecular weight is 375 g/mol. The van der Waals surface area contributed by atoms with Crippen molar-refractivity contribution in [2.45, 2.75) is 12.7 Å². The van der Waals surface area contributed by atoms with Gasteiger partial charge in [-0.05, 0) is 48.0 Å². The van der Waals surface area contributed by atoms with Gasteiger partial charge in [-0.2, -0.15) is 18.3 Å². The number of alkyl halides is 3. The number of benzene rings is 2. The topological polar surface area (TPSA) is 56.1 Å². The third kappa shape index (κ3) is 5.34. The summed E-state index contributed by atoms with van der Waals surface area (Å²) in [6.45, 7) is 0.318. The van der Waals surface area contributed by atoms with Crippen LogP contribution in [0.3, 0.4) is 0 Å². The van der Waals surface area contributed by atoms with Gasteiger partial charge in [0.25, 0.3) is 5.91 Å². The van der Waals surface area contributed by atoms with Gasteiger partial charge in [-0.3, -0.25) is 9.48 Å². The monoisotopic (exact) mass is 375 g/mol. The molecule has 8 heteroatoms. The Balaban J connectivity index is 1.49. The minimum atomic E-state index is -4.40. The number of halogens is 3. The molecule has 1 N–H and O–H groups in total. The minimum absolute atomic E-state index is 0.188. The molecule has 0 saturated carbocycles. The highest BCUT2D eigenvalue weighted by Crippen LogP contribution is 2.30. The summed E-state index contributed by atoms with van der Waals surface area (Å²) in [5.74, 6) is -0.220. The van der Waals surface area contributed by atoms with Crippen LogP contribution in [0.1, 0.15) is 11.1 Å². The van der Waals surface area contributed by atoms with E-state index in [0.29, 0.717) is 12.2 Å². The van der Waals surface area contributed by atoms with E-state index in [0.717, 1.165) is 17.7 Å². The Morgan fingerprint density at radius 1 is 1.07 bits per heavy atom. The minimum Gasteiger partial charge on any atom is -0.484 e. The van der Waals surface area contributed by atoms with Crippen molar-refractivity contribution < 1.29 is 22.7 Å². The molecule has 1 amide bonds. The SMILES string of the molecule is O=C(COc1ccc(C(F)(F)F)cc1)Nc1ccc(Cn2cccn2)cc1. The third-order valence-corrected chi connectivity index (χ3v) is 3.69. The molecule has 1 aromatic heterocycles. The Kier molecular flexibility index (Phi) is 5.44. The number of anilines is 1. The second kappa shape index (κ2) is 7.94. The maximum absolute atomic E-state index is 12.5. The lowest BCUT2D eigenvalue weighted by molar-refractivity contribution is -0.137. The number of aromatic nitrogens is 2. The summed E-state index contributed by atoms with van der Waals surface area (Å²) in [6, 6.07) is 13.3. The Morgan fingerprint density at radius 2 is 1.78 bits per heavy atom. The van der Waals surface area contributed by atoms with Crippen molar-refractivity contribution in [3.8, 4) is 5.75 Å². The molecule has 0 aliphatic heterocycles. The number of amides is 1. The molecule has 140 valence electrons. The van der Waals surface area contributed by atoms with E-state index in [-0.39, 0.29) is 12.4 Å². The van der Waals surface area contributed by atoms with E-state index in [4.69, 9.17) is 4.74 Å². The van der Waals surface area contributed by atoms with Crippen LogP contribution >= 0.6 is 0 Å². The summed E-state index contributed by atoms with van der Waals surface area (Å²) in [5, 5.41) is 6.79. The molecule has 5 nitrogen and oxygen atoms in total. The molecular formula is C19H16F3N3O2. The first kappa shape index (κ1) is 18.5. The Bertz CT molecular complexity index is 874. The van der Waals surface area contributed by atoms with Crippen molar-refractivity contribution >= 4 is 11.6 Å². The molecule has 3 aromatic rings. The number of hydrogen-bond donors (Lipinski definition) is 1. The summed E-state index contributed by atoms with van der Waals surface area (Å²) in [6.07, 6.45) is -0.848. The molecule has 27 heavy (non-hydrogen) atoms. The zero-order valence-corrected chi connectivity index (χ0v) is 14.1. The number of carbonyl (C=O) groups is 1. The van der Waals surface area contributed by atoms with Crippen molar-refractivity contribution in [2.24, 2.45) is 0 Å². The molecule has 3 rings (SSSR count). The lowest BCUT2D eigenvalue weighted by Gasteiger charge is -2.10. The van der Waals surface area contributed by atoms with Gasteiger partial charge in [-0.1, -0.05) is 12.1 Å². The quantitative estimate of drug-likeness (QED) is 0.709. The smallest absolute Gasteiger partial charge is 0.416 e. The Morgan fingerprint density at radius 3 is 2.37 bits per heavy atom. The number of nitrogens with zero attached hydrogens (tertiary/aromatic N) is 2. The number of hydrogen-bond acceptors (Lipinski definition) is 3. The highest BCUT2D eigenvalue weighted by molar-refractivity contribution is 5.91. The predicted molar refractivity (Wildman–Crippen MR) is 93.3 cm³/mol. The van der Waals surface area contributed by atoms with Crippen molar-refractivity contribution in [2.75, 3.05) is 11.9 Å². The van der Waals surface area contributed by atoms with Gasteiger partial charge in [-0.25, -0.2) is 0 Å². The number of nitrogens with one attached hydrogen (secondary N) is 1. The standard InChI is InChI=1S/C19H16F3N3O2/c20-19(21,22)15-4-8-17(9-5-15)27-13-18(26)24-16-6-2-14(3-7-16)12-25-11-1-10-23-25/h1-11H,12-13H2,(H,24,26). The van der Waals surface area contributed by atoms with E-state index in [1.807, 2.05) is 24.4 Å². The van der Waals surface area contributed by atoms with Gasteiger partial charge < -0.3 is 10.1 Å². The van der Waals surface area contributed by atoms with Crippen LogP contribution in [0, 0.1) is 0 Å². The van der Waals surface area contributed by atoms with Crippen LogP contribution in [-0.4, -0.2) is 22.3 Å². The van der Waals surface area contributed by atoms with E-state index in [2.05, 4.69) is 10.4 Å². The highest BCUT2D eigenvalue weighted by Gasteiger charge is 2.30. The van der Waals surface area contributed by atoms with Crippen molar-refractivity contribution in [1.29, 1.82) is 0 Å². The largest absolute Gasteiger partial charge is 0.484 e. The second-order valence-electron chi connectivity index (χ2n) is 5.76. The molecule has 0 unspecified atom stereocenters. The molecule has 1 heterocycles. The van der Waals surface area contributed by atoms with Crippen LogP contribution in [0.4, 0.5) is 18.9 Å². The fourth-order valence-electron chi connectivity index (χ4n) is 2.36. The molecular weight excluding hydrogens is 359 g/mol. The second-order valence-corrected chi connectivity index (χ2v) is 5.76. The van der Waals surface area contributed by atoms with Gasteiger partial charge in [-0.15, -0.1) is 0 Å². The molecule has 0 fully saturated rings. The average Bonchev–Trinajstić information content (AvgIpc) is 3.14. The maximum Gasteiger partial charge on any atom is 0.416 e. The maximum atomic E-state index is 12.5. The van der Waals surface area contributed by atoms with Crippen molar-refractivity contribution in [1.82, 2.24) is 9.78 Å². The first-order valence-corrected chi connectivity index (χ1v) is 8.06. The third-order valence-electron chi connectivity index (χ3n) is 3.69. The summed E-state index contributed by atoms with van der Waals surface area (Å²) >= 11 is 0. The molecule has 0 saturated heterocycles. The van der Waals surface area contributed by atoms with Gasteiger partial charge in [0.1, 0.15) is 5.75 Å². The highest BCUT2D eigenvalue weighted by atomic mass is 19.4. The van der Waals surface area contributed by atoms with E-state index in [1.165, 1.54) is 12.1 Å². The van der Waals surface area contributed by atoms with Gasteiger partial charge >= 0.3 is 6.18 Å². The molecule has 2 aromatic carbocycles. The fourth-order valence-corrected chi connectivity index (χ4v) is 2.36. The Hall–Kier alpha value is -3.29. The van der Waals surface area contributed by atoms with E-state index in [1.54, 1.807) is 23.0 Å². The number of ether oxygens (including phenoxy) is 1. The van der Waals surface area contributed by atoms with Gasteiger partial charge in [0, 0.05) is 18.1 Å². The van der Waals surface area contributed by atoms with Crippen LogP contribution in [0.15, 0.2) is 67.0 Å². The zero-order valence-electron chi connectivity index (χ0n) is 14.1. The van der Waals surface area contributed by atoms with E-state index < -0.39 is 17.6 Å². The van der Waals surface area contributed by atoms with E-state index in [9.17, 15) is 18.0 Å². The molecule has 0 bridgehead atoms. The first-order chi connectivity index (χ1) is 12.9. The number of carbonyl (C=O) groups excluding carboxylic acids is 1. The van der Waals surface area contributed by atoms with E-state index >= 15 is 0 Å². The van der Waals surface area contributed by atoms with Gasteiger partial charge in [0.05, 0.1) is 12.1 Å². The van der Waals surface area contributed by atoms with Crippen LogP contribution in [0.25, 0.3) is 0 Å². The van der Waals surface area contributed by atoms with Gasteiger partial charge in [0.15, 0.2) is 6.61 Å². The normalized spacial score (nSPS) is 11.2. The first-order valence-electron chi connectivity index (χ1n) is 8.06. The fraction of sp³-hybridized carbons (Fsp3) is 0.158. The van der Waals surface area contributed by atoms with Crippen LogP contribution < -0.4 is 10.1 Å². The summed E-state index contributed by atoms with van der Waals surface area (Å²) in [5.41, 5.74) is 0.854.